The van der Waals surface area contributed by atoms with Crippen LogP contribution in [-0.4, -0.2) is 61.7 Å². The second-order valence-corrected chi connectivity index (χ2v) is 7.15. The minimum absolute atomic E-state index is 0.00335. The molecule has 4 heterocycles. The number of piperidine rings is 1. The number of aromatic nitrogens is 4. The van der Waals surface area contributed by atoms with E-state index in [9.17, 15) is 4.79 Å². The number of aryl methyl sites for hydroxylation is 1. The third-order valence-electron chi connectivity index (χ3n) is 5.28. The number of nitrogens with one attached hydrogen (secondary N) is 1. The molecule has 26 heavy (non-hydrogen) atoms. The minimum Gasteiger partial charge on any atom is -0.375 e. The summed E-state index contributed by atoms with van der Waals surface area (Å²) in [7, 11) is 1.87. The highest BCUT2D eigenvalue weighted by Gasteiger charge is 2.41. The van der Waals surface area contributed by atoms with Gasteiger partial charge in [-0.3, -0.25) is 4.79 Å². The van der Waals surface area contributed by atoms with Crippen molar-refractivity contribution < 1.29 is 9.53 Å². The van der Waals surface area contributed by atoms with Crippen LogP contribution in [0.25, 0.3) is 0 Å². The van der Waals surface area contributed by atoms with Crippen LogP contribution in [0.1, 0.15) is 36.2 Å². The summed E-state index contributed by atoms with van der Waals surface area (Å²) in [6.45, 7) is 2.12. The SMILES string of the molecule is Cn1cnc(C(=O)N2CCC3(CC2)CC(Nc2ncccn2)CCO3)c1. The number of rotatable bonds is 3. The highest BCUT2D eigenvalue weighted by atomic mass is 16.5. The highest BCUT2D eigenvalue weighted by molar-refractivity contribution is 5.92. The van der Waals surface area contributed by atoms with Gasteiger partial charge in [0.2, 0.25) is 5.95 Å². The summed E-state index contributed by atoms with van der Waals surface area (Å²) in [6.07, 6.45) is 10.5. The number of carbonyl (C=O) groups excluding carboxylic acids is 1. The number of anilines is 1. The molecule has 4 rings (SSSR count). The molecular weight excluding hydrogens is 332 g/mol. The van der Waals surface area contributed by atoms with Crippen LogP contribution >= 0.6 is 0 Å². The van der Waals surface area contributed by atoms with Gasteiger partial charge in [-0.05, 0) is 31.7 Å². The van der Waals surface area contributed by atoms with Crippen molar-refractivity contribution in [2.75, 3.05) is 25.0 Å². The zero-order chi connectivity index (χ0) is 18.0. The van der Waals surface area contributed by atoms with Crippen molar-refractivity contribution in [2.24, 2.45) is 7.05 Å². The topological polar surface area (TPSA) is 85.2 Å². The number of nitrogens with zero attached hydrogens (tertiary/aromatic N) is 5. The maximum absolute atomic E-state index is 12.6. The molecule has 1 atom stereocenters. The Morgan fingerprint density at radius 3 is 2.73 bits per heavy atom. The Bertz CT molecular complexity index is 754. The van der Waals surface area contributed by atoms with Crippen molar-refractivity contribution in [2.45, 2.75) is 37.3 Å². The van der Waals surface area contributed by atoms with E-state index >= 15 is 0 Å². The van der Waals surface area contributed by atoms with Gasteiger partial charge in [0.25, 0.3) is 5.91 Å². The second kappa shape index (κ2) is 7.03. The van der Waals surface area contributed by atoms with E-state index in [1.807, 2.05) is 18.0 Å². The smallest absolute Gasteiger partial charge is 0.274 e. The van der Waals surface area contributed by atoms with Gasteiger partial charge in [-0.25, -0.2) is 15.0 Å². The third kappa shape index (κ3) is 3.55. The van der Waals surface area contributed by atoms with Crippen molar-refractivity contribution in [1.82, 2.24) is 24.4 Å². The first-order chi connectivity index (χ1) is 12.6. The van der Waals surface area contributed by atoms with Crippen LogP contribution in [0.3, 0.4) is 0 Å². The van der Waals surface area contributed by atoms with Gasteiger partial charge in [-0.15, -0.1) is 0 Å². The molecule has 1 amide bonds. The fraction of sp³-hybridized carbons (Fsp3) is 0.556. The molecule has 2 aromatic rings. The Kier molecular flexibility index (Phi) is 4.58. The van der Waals surface area contributed by atoms with Gasteiger partial charge in [0, 0.05) is 51.4 Å². The van der Waals surface area contributed by atoms with Gasteiger partial charge in [-0.2, -0.15) is 0 Å². The van der Waals surface area contributed by atoms with E-state index in [4.69, 9.17) is 4.74 Å². The largest absolute Gasteiger partial charge is 0.375 e. The average molecular weight is 356 g/mol. The van der Waals surface area contributed by atoms with Crippen LogP contribution in [0.15, 0.2) is 31.0 Å². The molecule has 138 valence electrons. The molecule has 1 unspecified atom stereocenters. The van der Waals surface area contributed by atoms with E-state index in [0.29, 0.717) is 30.8 Å². The number of carbonyl (C=O) groups is 1. The van der Waals surface area contributed by atoms with Gasteiger partial charge in [0.05, 0.1) is 11.9 Å². The van der Waals surface area contributed by atoms with E-state index in [2.05, 4.69) is 20.3 Å². The van der Waals surface area contributed by atoms with Crippen molar-refractivity contribution in [3.8, 4) is 0 Å². The van der Waals surface area contributed by atoms with Crippen molar-refractivity contribution in [1.29, 1.82) is 0 Å². The molecule has 8 nitrogen and oxygen atoms in total. The lowest BCUT2D eigenvalue weighted by molar-refractivity contribution is -0.110. The van der Waals surface area contributed by atoms with E-state index in [1.54, 1.807) is 29.5 Å². The Morgan fingerprint density at radius 1 is 1.27 bits per heavy atom. The van der Waals surface area contributed by atoms with Crippen molar-refractivity contribution in [3.63, 3.8) is 0 Å². The molecule has 2 fully saturated rings. The number of hydrogen-bond acceptors (Lipinski definition) is 6. The summed E-state index contributed by atoms with van der Waals surface area (Å²) >= 11 is 0. The molecule has 1 N–H and O–H groups in total. The number of amides is 1. The lowest BCUT2D eigenvalue weighted by Crippen LogP contribution is -2.52. The molecule has 2 aromatic heterocycles. The van der Waals surface area contributed by atoms with Gasteiger partial charge in [-0.1, -0.05) is 0 Å². The van der Waals surface area contributed by atoms with Crippen LogP contribution in [0.4, 0.5) is 5.95 Å². The standard InChI is InChI=1S/C18H24N6O2/c1-23-12-15(21-13-23)16(25)24-8-4-18(5-9-24)11-14(3-10-26-18)22-17-19-6-2-7-20-17/h2,6-7,12-14H,3-5,8-11H2,1H3,(H,19,20,22). The van der Waals surface area contributed by atoms with Gasteiger partial charge >= 0.3 is 0 Å². The first kappa shape index (κ1) is 17.0. The molecule has 8 heteroatoms. The van der Waals surface area contributed by atoms with Crippen LogP contribution in [0, 0.1) is 0 Å². The molecule has 2 saturated heterocycles. The summed E-state index contributed by atoms with van der Waals surface area (Å²) in [4.78, 5) is 27.1. The molecule has 1 spiro atoms. The van der Waals surface area contributed by atoms with E-state index in [-0.39, 0.29) is 11.5 Å². The maximum atomic E-state index is 12.6. The fourth-order valence-electron chi connectivity index (χ4n) is 3.86. The zero-order valence-electron chi connectivity index (χ0n) is 15.0. The number of imidazole rings is 1. The second-order valence-electron chi connectivity index (χ2n) is 7.15. The number of hydrogen-bond donors (Lipinski definition) is 1. The number of likely N-dealkylation sites (tertiary alicyclic amines) is 1. The van der Waals surface area contributed by atoms with Crippen molar-refractivity contribution >= 4 is 11.9 Å². The minimum atomic E-state index is -0.161. The Morgan fingerprint density at radius 2 is 2.04 bits per heavy atom. The first-order valence-electron chi connectivity index (χ1n) is 9.08. The molecule has 0 bridgehead atoms. The van der Waals surface area contributed by atoms with Crippen LogP contribution < -0.4 is 5.32 Å². The molecule has 2 aliphatic rings. The Balaban J connectivity index is 1.36. The fourth-order valence-corrected chi connectivity index (χ4v) is 3.86. The van der Waals surface area contributed by atoms with Crippen LogP contribution in [0.2, 0.25) is 0 Å². The quantitative estimate of drug-likeness (QED) is 0.897. The molecule has 0 aliphatic carbocycles. The van der Waals surface area contributed by atoms with Gasteiger partial charge in [0.15, 0.2) is 0 Å². The van der Waals surface area contributed by atoms with Crippen molar-refractivity contribution in [3.05, 3.63) is 36.7 Å². The zero-order valence-corrected chi connectivity index (χ0v) is 15.0. The summed E-state index contributed by atoms with van der Waals surface area (Å²) in [5.41, 5.74) is 0.347. The Hall–Kier alpha value is -2.48. The van der Waals surface area contributed by atoms with Gasteiger partial charge < -0.3 is 19.5 Å². The van der Waals surface area contributed by atoms with E-state index in [1.165, 1.54) is 0 Å². The van der Waals surface area contributed by atoms with Crippen LogP contribution in [-0.2, 0) is 11.8 Å². The summed E-state index contributed by atoms with van der Waals surface area (Å²) < 4.78 is 7.97. The highest BCUT2D eigenvalue weighted by Crippen LogP contribution is 2.36. The number of ether oxygens (including phenoxy) is 1. The monoisotopic (exact) mass is 356 g/mol. The summed E-state index contributed by atoms with van der Waals surface area (Å²) in [5.74, 6) is 0.668. The molecule has 2 aliphatic heterocycles. The normalized spacial score (nSPS) is 22.3. The first-order valence-corrected chi connectivity index (χ1v) is 9.08. The maximum Gasteiger partial charge on any atom is 0.274 e. The van der Waals surface area contributed by atoms with Crippen LogP contribution in [0.5, 0.6) is 0 Å². The molecule has 0 aromatic carbocycles. The summed E-state index contributed by atoms with van der Waals surface area (Å²) in [5, 5.41) is 3.42. The lowest BCUT2D eigenvalue weighted by atomic mass is 9.82. The van der Waals surface area contributed by atoms with Gasteiger partial charge in [0.1, 0.15) is 5.69 Å². The Labute approximate surface area is 152 Å². The molecular formula is C18H24N6O2. The lowest BCUT2D eigenvalue weighted by Gasteiger charge is -2.46. The van der Waals surface area contributed by atoms with E-state index in [0.717, 1.165) is 32.3 Å². The van der Waals surface area contributed by atoms with E-state index < -0.39 is 0 Å². The average Bonchev–Trinajstić information content (AvgIpc) is 3.09. The predicted molar refractivity (Wildman–Crippen MR) is 95.7 cm³/mol. The predicted octanol–water partition coefficient (Wildman–Crippen LogP) is 1.48. The third-order valence-corrected chi connectivity index (χ3v) is 5.28. The molecule has 0 radical (unpaired) electrons. The molecule has 0 saturated carbocycles. The summed E-state index contributed by atoms with van der Waals surface area (Å²) in [6, 6.07) is 2.11.